The van der Waals surface area contributed by atoms with Crippen LogP contribution >= 0.6 is 0 Å². The number of hydrogen-bond donors (Lipinski definition) is 3. The van der Waals surface area contributed by atoms with Crippen molar-refractivity contribution in [1.82, 2.24) is 25.8 Å². The summed E-state index contributed by atoms with van der Waals surface area (Å²) in [4.78, 5) is 3.78. The third kappa shape index (κ3) is 1.98. The van der Waals surface area contributed by atoms with E-state index < -0.39 is 0 Å². The van der Waals surface area contributed by atoms with Gasteiger partial charge in [-0.05, 0) is 29.0 Å². The van der Waals surface area contributed by atoms with Gasteiger partial charge in [0.1, 0.15) is 16.9 Å². The van der Waals surface area contributed by atoms with Crippen molar-refractivity contribution in [3.8, 4) is 0 Å². The van der Waals surface area contributed by atoms with Gasteiger partial charge in [-0.2, -0.15) is 5.10 Å². The van der Waals surface area contributed by atoms with Crippen LogP contribution in [0.2, 0.25) is 0 Å². The van der Waals surface area contributed by atoms with E-state index in [9.17, 15) is 0 Å². The highest BCUT2D eigenvalue weighted by Gasteiger charge is 2.33. The minimum Gasteiger partial charge on any atom is -0.353 e. The number of likely N-dealkylation sites (N-methyl/N-ethyl adjacent to an activating group) is 1. The fourth-order valence-corrected chi connectivity index (χ4v) is 2.97. The van der Waals surface area contributed by atoms with Crippen LogP contribution < -0.4 is 10.6 Å². The second-order valence-corrected chi connectivity index (χ2v) is 5.24. The SMILES string of the molecule is [C-]#[N+]C1=C(CNC)Nc2[nH]ncc2C1c1cccc2nonc12. The Labute approximate surface area is 131 Å². The maximum absolute atomic E-state index is 7.66. The van der Waals surface area contributed by atoms with E-state index in [2.05, 4.69) is 36.0 Å². The quantitative estimate of drug-likeness (QED) is 0.639. The van der Waals surface area contributed by atoms with E-state index in [0.29, 0.717) is 23.3 Å². The number of aromatic nitrogens is 4. The van der Waals surface area contributed by atoms with Crippen LogP contribution in [0.5, 0.6) is 0 Å². The van der Waals surface area contributed by atoms with Crippen LogP contribution in [0, 0.1) is 6.57 Å². The molecule has 3 heterocycles. The van der Waals surface area contributed by atoms with Gasteiger partial charge in [-0.3, -0.25) is 5.10 Å². The topological polar surface area (TPSA) is 96.0 Å². The molecule has 0 aliphatic carbocycles. The van der Waals surface area contributed by atoms with Crippen LogP contribution in [-0.4, -0.2) is 34.1 Å². The van der Waals surface area contributed by atoms with Crippen molar-refractivity contribution < 1.29 is 4.63 Å². The van der Waals surface area contributed by atoms with Gasteiger partial charge in [0, 0.05) is 17.8 Å². The molecule has 0 bridgehead atoms. The summed E-state index contributed by atoms with van der Waals surface area (Å²) < 4.78 is 4.86. The average molecular weight is 307 g/mol. The van der Waals surface area contributed by atoms with Crippen molar-refractivity contribution in [2.24, 2.45) is 0 Å². The number of aromatic amines is 1. The fourth-order valence-electron chi connectivity index (χ4n) is 2.97. The number of nitrogens with zero attached hydrogens (tertiary/aromatic N) is 4. The maximum atomic E-state index is 7.66. The van der Waals surface area contributed by atoms with Gasteiger partial charge >= 0.3 is 0 Å². The monoisotopic (exact) mass is 307 g/mol. The predicted octanol–water partition coefficient (Wildman–Crippen LogP) is 1.85. The van der Waals surface area contributed by atoms with Crippen LogP contribution in [0.3, 0.4) is 0 Å². The summed E-state index contributed by atoms with van der Waals surface area (Å²) in [6.45, 7) is 8.22. The van der Waals surface area contributed by atoms with E-state index in [1.54, 1.807) is 6.20 Å². The number of H-pyrrole nitrogens is 1. The molecular weight excluding hydrogens is 294 g/mol. The van der Waals surface area contributed by atoms with Crippen molar-refractivity contribution in [3.63, 3.8) is 0 Å². The van der Waals surface area contributed by atoms with E-state index >= 15 is 0 Å². The molecule has 2 aromatic heterocycles. The van der Waals surface area contributed by atoms with Gasteiger partial charge < -0.3 is 10.6 Å². The lowest BCUT2D eigenvalue weighted by molar-refractivity contribution is 0.315. The number of nitrogens with one attached hydrogen (secondary N) is 3. The first-order valence-corrected chi connectivity index (χ1v) is 7.10. The summed E-state index contributed by atoms with van der Waals surface area (Å²) in [6.07, 6.45) is 1.74. The highest BCUT2D eigenvalue weighted by atomic mass is 16.6. The Hall–Kier alpha value is -3.18. The molecular formula is C15H13N7O. The molecule has 3 N–H and O–H groups in total. The van der Waals surface area contributed by atoms with Crippen molar-refractivity contribution in [1.29, 1.82) is 0 Å². The Morgan fingerprint density at radius 1 is 1.35 bits per heavy atom. The zero-order valence-corrected chi connectivity index (χ0v) is 12.3. The summed E-state index contributed by atoms with van der Waals surface area (Å²) >= 11 is 0. The standard InChI is InChI=1S/C15H13N7O/c1-16-7-11-14(17-2)12(9-6-18-20-15(9)19-11)8-4-3-5-10-13(8)22-23-21-10/h3-6,12,16H,7H2,1H3,(H2,18,19,20). The van der Waals surface area contributed by atoms with Gasteiger partial charge in [0.25, 0.3) is 0 Å². The molecule has 0 saturated carbocycles. The predicted molar refractivity (Wildman–Crippen MR) is 83.4 cm³/mol. The van der Waals surface area contributed by atoms with Crippen molar-refractivity contribution in [3.05, 3.63) is 58.3 Å². The second-order valence-electron chi connectivity index (χ2n) is 5.24. The minimum absolute atomic E-state index is 0.263. The molecule has 23 heavy (non-hydrogen) atoms. The average Bonchev–Trinajstić information content (AvgIpc) is 3.22. The molecule has 4 rings (SSSR count). The molecule has 114 valence electrons. The normalized spacial score (nSPS) is 17.0. The molecule has 0 radical (unpaired) electrons. The molecule has 0 amide bonds. The van der Waals surface area contributed by atoms with Crippen LogP contribution in [-0.2, 0) is 0 Å². The van der Waals surface area contributed by atoms with E-state index in [1.807, 2.05) is 25.2 Å². The van der Waals surface area contributed by atoms with Gasteiger partial charge in [0.05, 0.1) is 18.7 Å². The Kier molecular flexibility index (Phi) is 3.06. The second kappa shape index (κ2) is 5.23. The van der Waals surface area contributed by atoms with E-state index in [0.717, 1.165) is 22.6 Å². The summed E-state index contributed by atoms with van der Waals surface area (Å²) in [5.41, 5.74) is 4.56. The van der Waals surface area contributed by atoms with Crippen LogP contribution in [0.4, 0.5) is 5.82 Å². The fraction of sp³-hybridized carbons (Fsp3) is 0.200. The lowest BCUT2D eigenvalue weighted by Gasteiger charge is -2.26. The number of fused-ring (bicyclic) bond motifs is 2. The highest BCUT2D eigenvalue weighted by Crippen LogP contribution is 2.42. The first-order valence-electron chi connectivity index (χ1n) is 7.10. The number of rotatable bonds is 3. The molecule has 1 unspecified atom stereocenters. The summed E-state index contributed by atoms with van der Waals surface area (Å²) in [6, 6.07) is 5.67. The number of hydrogen-bond acceptors (Lipinski definition) is 6. The first kappa shape index (κ1) is 13.5. The zero-order chi connectivity index (χ0) is 15.8. The molecule has 1 aromatic carbocycles. The van der Waals surface area contributed by atoms with Gasteiger partial charge in [-0.15, -0.1) is 0 Å². The smallest absolute Gasteiger partial charge is 0.197 e. The van der Waals surface area contributed by atoms with Crippen LogP contribution in [0.1, 0.15) is 17.0 Å². The Balaban J connectivity index is 1.98. The van der Waals surface area contributed by atoms with Crippen LogP contribution in [0.15, 0.2) is 40.4 Å². The number of anilines is 1. The largest absolute Gasteiger partial charge is 0.353 e. The Morgan fingerprint density at radius 2 is 2.26 bits per heavy atom. The molecule has 0 spiro atoms. The van der Waals surface area contributed by atoms with Gasteiger partial charge in [0.15, 0.2) is 5.70 Å². The third-order valence-corrected chi connectivity index (χ3v) is 3.94. The molecule has 0 fully saturated rings. The minimum atomic E-state index is -0.263. The summed E-state index contributed by atoms with van der Waals surface area (Å²) in [7, 11) is 1.84. The maximum Gasteiger partial charge on any atom is 0.197 e. The number of allylic oxidation sites excluding steroid dienone is 1. The molecule has 8 nitrogen and oxygen atoms in total. The zero-order valence-electron chi connectivity index (χ0n) is 12.3. The van der Waals surface area contributed by atoms with Gasteiger partial charge in [-0.25, -0.2) is 9.47 Å². The highest BCUT2D eigenvalue weighted by molar-refractivity contribution is 5.80. The van der Waals surface area contributed by atoms with Crippen LogP contribution in [0.25, 0.3) is 15.9 Å². The molecule has 3 aromatic rings. The Morgan fingerprint density at radius 3 is 3.09 bits per heavy atom. The van der Waals surface area contributed by atoms with E-state index in [4.69, 9.17) is 11.2 Å². The van der Waals surface area contributed by atoms with E-state index in [-0.39, 0.29) is 5.92 Å². The molecule has 1 aliphatic heterocycles. The molecule has 1 aliphatic rings. The third-order valence-electron chi connectivity index (χ3n) is 3.94. The van der Waals surface area contributed by atoms with Gasteiger partial charge in [0.2, 0.25) is 0 Å². The summed E-state index contributed by atoms with van der Waals surface area (Å²) in [5.74, 6) is 0.530. The number of benzene rings is 1. The molecule has 1 atom stereocenters. The van der Waals surface area contributed by atoms with Crippen molar-refractivity contribution >= 4 is 16.9 Å². The van der Waals surface area contributed by atoms with Crippen molar-refractivity contribution in [2.45, 2.75) is 5.92 Å². The lowest BCUT2D eigenvalue weighted by Crippen LogP contribution is -2.24. The summed E-state index contributed by atoms with van der Waals surface area (Å²) in [5, 5.41) is 21.3. The molecule has 8 heteroatoms. The Bertz CT molecular complexity index is 946. The lowest BCUT2D eigenvalue weighted by atomic mass is 9.86. The first-order chi connectivity index (χ1) is 11.3. The van der Waals surface area contributed by atoms with E-state index in [1.165, 1.54) is 0 Å². The van der Waals surface area contributed by atoms with Gasteiger partial charge in [-0.1, -0.05) is 12.1 Å². The molecule has 0 saturated heterocycles. The van der Waals surface area contributed by atoms with Crippen molar-refractivity contribution in [2.75, 3.05) is 18.9 Å².